The number of nitrogens with zero attached hydrogens (tertiary/aromatic N) is 4. The number of hydrogen-bond donors (Lipinski definition) is 0. The van der Waals surface area contributed by atoms with Crippen LogP contribution in [0.2, 0.25) is 5.02 Å². The van der Waals surface area contributed by atoms with E-state index in [-0.39, 0.29) is 0 Å². The highest BCUT2D eigenvalue weighted by Crippen LogP contribution is 2.34. The van der Waals surface area contributed by atoms with Gasteiger partial charge in [-0.25, -0.2) is 4.68 Å². The summed E-state index contributed by atoms with van der Waals surface area (Å²) in [5.74, 6) is 0. The Morgan fingerprint density at radius 2 is 2.21 bits per heavy atom. The maximum Gasteiger partial charge on any atom is 0.203 e. The summed E-state index contributed by atoms with van der Waals surface area (Å²) in [6.07, 6.45) is 4.18. The molecule has 0 spiro atoms. The standard InChI is InChI=1S/C17H17ClN4S2/c18-13-4-1-5-14(10-13)21-11-19-22(17(21)23)12-20-8-2-6-15(20)16-7-3-9-24-16/h1,3-5,7,9-11,15H,2,6,8,12H2/t15-/m0/s1. The van der Waals surface area contributed by atoms with E-state index in [1.54, 1.807) is 6.33 Å². The largest absolute Gasteiger partial charge is 0.276 e. The van der Waals surface area contributed by atoms with Crippen molar-refractivity contribution in [2.24, 2.45) is 0 Å². The highest BCUT2D eigenvalue weighted by molar-refractivity contribution is 7.71. The molecule has 7 heteroatoms. The minimum Gasteiger partial charge on any atom is -0.276 e. The highest BCUT2D eigenvalue weighted by atomic mass is 35.5. The molecule has 124 valence electrons. The maximum atomic E-state index is 6.09. The van der Waals surface area contributed by atoms with E-state index < -0.39 is 0 Å². The summed E-state index contributed by atoms with van der Waals surface area (Å²) in [7, 11) is 0. The van der Waals surface area contributed by atoms with Crippen LogP contribution in [-0.2, 0) is 6.67 Å². The molecule has 1 aromatic carbocycles. The Balaban J connectivity index is 1.59. The lowest BCUT2D eigenvalue weighted by molar-refractivity contribution is 0.192. The van der Waals surface area contributed by atoms with Crippen molar-refractivity contribution in [3.63, 3.8) is 0 Å². The Hall–Kier alpha value is -1.47. The fourth-order valence-electron chi connectivity index (χ4n) is 3.21. The second-order valence-electron chi connectivity index (χ2n) is 5.89. The molecule has 0 unspecified atom stereocenters. The van der Waals surface area contributed by atoms with Gasteiger partial charge in [0.1, 0.15) is 6.33 Å². The molecule has 0 radical (unpaired) electrons. The molecule has 0 aliphatic carbocycles. The second-order valence-corrected chi connectivity index (χ2v) is 7.67. The van der Waals surface area contributed by atoms with E-state index in [0.29, 0.717) is 15.8 Å². The van der Waals surface area contributed by atoms with Gasteiger partial charge in [-0.2, -0.15) is 5.10 Å². The average Bonchev–Trinajstić information content (AvgIpc) is 3.30. The zero-order chi connectivity index (χ0) is 16.5. The minimum atomic E-state index is 0.475. The van der Waals surface area contributed by atoms with E-state index in [0.717, 1.165) is 18.9 Å². The van der Waals surface area contributed by atoms with Gasteiger partial charge < -0.3 is 0 Å². The summed E-state index contributed by atoms with van der Waals surface area (Å²) in [5, 5.41) is 7.33. The van der Waals surface area contributed by atoms with Crippen molar-refractivity contribution in [2.45, 2.75) is 25.6 Å². The third-order valence-electron chi connectivity index (χ3n) is 4.37. The van der Waals surface area contributed by atoms with Crippen LogP contribution >= 0.6 is 35.2 Å². The number of aromatic nitrogens is 3. The molecular weight excluding hydrogens is 360 g/mol. The molecule has 0 amide bonds. The van der Waals surface area contributed by atoms with Gasteiger partial charge in [0.25, 0.3) is 0 Å². The zero-order valence-corrected chi connectivity index (χ0v) is 15.4. The van der Waals surface area contributed by atoms with Crippen molar-refractivity contribution in [3.05, 3.63) is 62.8 Å². The number of hydrogen-bond acceptors (Lipinski definition) is 4. The first-order valence-corrected chi connectivity index (χ1v) is 9.57. The molecule has 0 N–H and O–H groups in total. The summed E-state index contributed by atoms with van der Waals surface area (Å²) < 4.78 is 4.48. The third-order valence-corrected chi connectivity index (χ3v) is 5.99. The average molecular weight is 377 g/mol. The van der Waals surface area contributed by atoms with Gasteiger partial charge in [0.15, 0.2) is 0 Å². The molecule has 1 atom stereocenters. The van der Waals surface area contributed by atoms with Gasteiger partial charge in [-0.05, 0) is 54.7 Å². The molecule has 1 aliphatic heterocycles. The summed E-state index contributed by atoms with van der Waals surface area (Å²) in [6.45, 7) is 1.79. The van der Waals surface area contributed by atoms with Crippen molar-refractivity contribution < 1.29 is 0 Å². The van der Waals surface area contributed by atoms with Gasteiger partial charge in [0, 0.05) is 22.5 Å². The molecule has 2 aromatic heterocycles. The van der Waals surface area contributed by atoms with Crippen molar-refractivity contribution in [1.82, 2.24) is 19.2 Å². The highest BCUT2D eigenvalue weighted by Gasteiger charge is 2.27. The molecule has 4 rings (SSSR count). The van der Waals surface area contributed by atoms with Crippen LogP contribution in [0.4, 0.5) is 0 Å². The van der Waals surface area contributed by atoms with E-state index in [9.17, 15) is 0 Å². The van der Waals surface area contributed by atoms with Crippen LogP contribution in [0.3, 0.4) is 0 Å². The first kappa shape index (κ1) is 16.0. The third kappa shape index (κ3) is 3.07. The molecule has 4 nitrogen and oxygen atoms in total. The fraction of sp³-hybridized carbons (Fsp3) is 0.294. The SMILES string of the molecule is S=c1n(-c2cccc(Cl)c2)cnn1CN1CCC[C@H]1c1cccs1. The van der Waals surface area contributed by atoms with Crippen molar-refractivity contribution in [1.29, 1.82) is 0 Å². The lowest BCUT2D eigenvalue weighted by Gasteiger charge is -2.23. The molecule has 1 saturated heterocycles. The van der Waals surface area contributed by atoms with Crippen LogP contribution in [-0.4, -0.2) is 25.8 Å². The Morgan fingerprint density at radius 3 is 3.00 bits per heavy atom. The fourth-order valence-corrected chi connectivity index (χ4v) is 4.55. The van der Waals surface area contributed by atoms with Gasteiger partial charge >= 0.3 is 0 Å². The molecule has 24 heavy (non-hydrogen) atoms. The van der Waals surface area contributed by atoms with Gasteiger partial charge in [-0.1, -0.05) is 23.7 Å². The second kappa shape index (κ2) is 6.80. The lowest BCUT2D eigenvalue weighted by atomic mass is 10.2. The van der Waals surface area contributed by atoms with Crippen LogP contribution in [0.5, 0.6) is 0 Å². The molecule has 0 saturated carbocycles. The van der Waals surface area contributed by atoms with Crippen LogP contribution in [0, 0.1) is 4.77 Å². The Kier molecular flexibility index (Phi) is 4.54. The van der Waals surface area contributed by atoms with Crippen LogP contribution < -0.4 is 0 Å². The van der Waals surface area contributed by atoms with Crippen LogP contribution in [0.25, 0.3) is 5.69 Å². The van der Waals surface area contributed by atoms with Crippen molar-refractivity contribution in [3.8, 4) is 5.69 Å². The molecule has 1 aliphatic rings. The molecule has 0 bridgehead atoms. The summed E-state index contributed by atoms with van der Waals surface area (Å²) in [4.78, 5) is 3.88. The number of benzene rings is 1. The number of rotatable bonds is 4. The monoisotopic (exact) mass is 376 g/mol. The topological polar surface area (TPSA) is 26.0 Å². The maximum absolute atomic E-state index is 6.09. The van der Waals surface area contributed by atoms with Crippen molar-refractivity contribution in [2.75, 3.05) is 6.54 Å². The van der Waals surface area contributed by atoms with E-state index in [2.05, 4.69) is 27.5 Å². The first-order valence-electron chi connectivity index (χ1n) is 7.90. The number of halogens is 1. The smallest absolute Gasteiger partial charge is 0.203 e. The normalized spacial score (nSPS) is 18.3. The van der Waals surface area contributed by atoms with Gasteiger partial charge in [-0.15, -0.1) is 11.3 Å². The van der Waals surface area contributed by atoms with E-state index in [4.69, 9.17) is 23.8 Å². The zero-order valence-electron chi connectivity index (χ0n) is 13.0. The number of thiophene rings is 1. The predicted octanol–water partition coefficient (Wildman–Crippen LogP) is 4.91. The quantitative estimate of drug-likeness (QED) is 0.605. The van der Waals surface area contributed by atoms with E-state index in [1.807, 2.05) is 44.9 Å². The lowest BCUT2D eigenvalue weighted by Crippen LogP contribution is -2.26. The predicted molar refractivity (Wildman–Crippen MR) is 100 cm³/mol. The summed E-state index contributed by atoms with van der Waals surface area (Å²) in [5.41, 5.74) is 0.940. The molecular formula is C17H17ClN4S2. The molecule has 1 fully saturated rings. The van der Waals surface area contributed by atoms with E-state index in [1.165, 1.54) is 17.7 Å². The van der Waals surface area contributed by atoms with Gasteiger partial charge in [0.05, 0.1) is 12.4 Å². The number of likely N-dealkylation sites (tertiary alicyclic amines) is 1. The van der Waals surface area contributed by atoms with Crippen LogP contribution in [0.15, 0.2) is 48.1 Å². The van der Waals surface area contributed by atoms with E-state index >= 15 is 0 Å². The van der Waals surface area contributed by atoms with Crippen molar-refractivity contribution >= 4 is 35.2 Å². The minimum absolute atomic E-state index is 0.475. The summed E-state index contributed by atoms with van der Waals surface area (Å²) in [6, 6.07) is 12.5. The Morgan fingerprint density at radius 1 is 1.29 bits per heavy atom. The first-order chi connectivity index (χ1) is 11.7. The Labute approximate surface area is 154 Å². The molecule has 3 heterocycles. The van der Waals surface area contributed by atoms with Gasteiger partial charge in [-0.3, -0.25) is 9.47 Å². The summed E-state index contributed by atoms with van der Waals surface area (Å²) >= 11 is 13.5. The molecule has 3 aromatic rings. The van der Waals surface area contributed by atoms with Crippen LogP contribution in [0.1, 0.15) is 23.8 Å². The van der Waals surface area contributed by atoms with Gasteiger partial charge in [0.2, 0.25) is 4.77 Å². The Bertz CT molecular complexity index is 884.